The maximum Gasteiger partial charge on any atom is 0.312 e. The van der Waals surface area contributed by atoms with Gasteiger partial charge in [0.15, 0.2) is 6.61 Å². The van der Waals surface area contributed by atoms with Crippen molar-refractivity contribution in [3.8, 4) is 11.8 Å². The molecule has 0 radical (unpaired) electrons. The molecule has 0 saturated heterocycles. The van der Waals surface area contributed by atoms with Gasteiger partial charge in [0.05, 0.1) is 31.6 Å². The molecule has 3 amide bonds. The molecule has 0 fully saturated rings. The molecule has 0 heterocycles. The zero-order valence-electron chi connectivity index (χ0n) is 18.1. The Bertz CT molecular complexity index is 989. The average molecular weight is 473 g/mol. The molecule has 33 heavy (non-hydrogen) atoms. The molecule has 1 atom stereocenters. The molecule has 0 aliphatic heterocycles. The molecule has 0 spiro atoms. The monoisotopic (exact) mass is 472 g/mol. The van der Waals surface area contributed by atoms with Gasteiger partial charge < -0.3 is 25.4 Å². The maximum absolute atomic E-state index is 12.7. The lowest BCUT2D eigenvalue weighted by Gasteiger charge is -2.22. The highest BCUT2D eigenvalue weighted by atomic mass is 35.5. The Morgan fingerprint density at radius 2 is 1.82 bits per heavy atom. The minimum atomic E-state index is -0.808. The number of benzene rings is 2. The molecule has 0 aliphatic rings. The van der Waals surface area contributed by atoms with E-state index < -0.39 is 30.6 Å². The van der Waals surface area contributed by atoms with Crippen molar-refractivity contribution in [3.63, 3.8) is 0 Å². The molecule has 2 rings (SSSR count). The third kappa shape index (κ3) is 8.35. The van der Waals surface area contributed by atoms with Crippen molar-refractivity contribution in [1.82, 2.24) is 5.32 Å². The smallest absolute Gasteiger partial charge is 0.312 e. The summed E-state index contributed by atoms with van der Waals surface area (Å²) in [6.07, 6.45) is -0.132. The van der Waals surface area contributed by atoms with Gasteiger partial charge in [0.1, 0.15) is 5.75 Å². The molecule has 2 aromatic carbocycles. The second kappa shape index (κ2) is 12.9. The van der Waals surface area contributed by atoms with Gasteiger partial charge in [-0.25, -0.2) is 4.79 Å². The molecule has 0 saturated carbocycles. The lowest BCUT2D eigenvalue weighted by Crippen LogP contribution is -2.37. The number of halogens is 1. The zero-order valence-corrected chi connectivity index (χ0v) is 18.9. The fraction of sp³-hybridized carbons (Fsp3) is 0.304. The van der Waals surface area contributed by atoms with Crippen LogP contribution in [0.15, 0.2) is 48.5 Å². The Labute approximate surface area is 197 Å². The number of esters is 1. The molecule has 0 aliphatic carbocycles. The summed E-state index contributed by atoms with van der Waals surface area (Å²) in [5.74, 6) is -0.548. The fourth-order valence-corrected chi connectivity index (χ4v) is 3.14. The molecule has 3 N–H and O–H groups in total. The van der Waals surface area contributed by atoms with Crippen LogP contribution >= 0.6 is 11.6 Å². The Hall–Kier alpha value is -3.77. The van der Waals surface area contributed by atoms with Crippen LogP contribution in [0.1, 0.15) is 31.4 Å². The lowest BCUT2D eigenvalue weighted by atomic mass is 10.0. The van der Waals surface area contributed by atoms with Gasteiger partial charge in [-0.2, -0.15) is 5.26 Å². The van der Waals surface area contributed by atoms with Crippen molar-refractivity contribution >= 4 is 35.2 Å². The number of amides is 3. The highest BCUT2D eigenvalue weighted by molar-refractivity contribution is 6.30. The number of hydrogen-bond acceptors (Lipinski definition) is 6. The van der Waals surface area contributed by atoms with Crippen LogP contribution in [0.25, 0.3) is 0 Å². The van der Waals surface area contributed by atoms with E-state index in [1.165, 1.54) is 4.90 Å². The molecule has 2 aromatic rings. The summed E-state index contributed by atoms with van der Waals surface area (Å²) in [5, 5.41) is 11.9. The lowest BCUT2D eigenvalue weighted by molar-refractivity contribution is -0.148. The average Bonchev–Trinajstić information content (AvgIpc) is 2.79. The van der Waals surface area contributed by atoms with Gasteiger partial charge in [0.25, 0.3) is 5.91 Å². The minimum absolute atomic E-state index is 0.105. The van der Waals surface area contributed by atoms with Crippen LogP contribution in [0.2, 0.25) is 5.02 Å². The van der Waals surface area contributed by atoms with Gasteiger partial charge in [0, 0.05) is 17.3 Å². The van der Waals surface area contributed by atoms with Gasteiger partial charge in [-0.15, -0.1) is 0 Å². The standard InChI is InChI=1S/C23H25ClN4O5/c1-2-32-19-10-8-18(9-11-19)28(13-3-12-25)21(29)15-33-22(30)14-20(27-23(26)31)16-4-6-17(24)7-5-16/h4-11,20H,2-3,13-15H2,1H3,(H3,26,27,31). The van der Waals surface area contributed by atoms with E-state index >= 15 is 0 Å². The summed E-state index contributed by atoms with van der Waals surface area (Å²) >= 11 is 5.88. The van der Waals surface area contributed by atoms with Crippen LogP contribution in [-0.4, -0.2) is 37.7 Å². The molecular formula is C23H25ClN4O5. The SMILES string of the molecule is CCOc1ccc(N(CCC#N)C(=O)COC(=O)CC(NC(N)=O)c2ccc(Cl)cc2)cc1. The molecular weight excluding hydrogens is 448 g/mol. The molecule has 0 bridgehead atoms. The zero-order chi connectivity index (χ0) is 24.2. The minimum Gasteiger partial charge on any atom is -0.494 e. The quantitative estimate of drug-likeness (QED) is 0.481. The van der Waals surface area contributed by atoms with Crippen molar-refractivity contribution in [2.24, 2.45) is 5.73 Å². The molecule has 10 heteroatoms. The highest BCUT2D eigenvalue weighted by Crippen LogP contribution is 2.22. The first-order valence-electron chi connectivity index (χ1n) is 10.2. The summed E-state index contributed by atoms with van der Waals surface area (Å²) in [7, 11) is 0. The number of primary amides is 1. The topological polar surface area (TPSA) is 135 Å². The number of carbonyl (C=O) groups excluding carboxylic acids is 3. The van der Waals surface area contributed by atoms with E-state index in [1.54, 1.807) is 48.5 Å². The Morgan fingerprint density at radius 1 is 1.15 bits per heavy atom. The van der Waals surface area contributed by atoms with Crippen LogP contribution < -0.4 is 20.7 Å². The number of anilines is 1. The van der Waals surface area contributed by atoms with Crippen LogP contribution in [0.3, 0.4) is 0 Å². The summed E-state index contributed by atoms with van der Waals surface area (Å²) in [6, 6.07) is 13.8. The van der Waals surface area contributed by atoms with Crippen LogP contribution in [0, 0.1) is 11.3 Å². The summed E-state index contributed by atoms with van der Waals surface area (Å²) < 4.78 is 10.5. The van der Waals surface area contributed by atoms with Gasteiger partial charge in [-0.05, 0) is 48.9 Å². The van der Waals surface area contributed by atoms with Gasteiger partial charge >= 0.3 is 12.0 Å². The molecule has 174 valence electrons. The van der Waals surface area contributed by atoms with E-state index in [0.717, 1.165) is 0 Å². The van der Waals surface area contributed by atoms with E-state index in [0.29, 0.717) is 28.6 Å². The van der Waals surface area contributed by atoms with Crippen LogP contribution in [0.5, 0.6) is 5.75 Å². The second-order valence-electron chi connectivity index (χ2n) is 6.86. The normalized spacial score (nSPS) is 11.1. The summed E-state index contributed by atoms with van der Waals surface area (Å²) in [5.41, 5.74) is 6.36. The Kier molecular flexibility index (Phi) is 9.99. The van der Waals surface area contributed by atoms with Gasteiger partial charge in [0.2, 0.25) is 0 Å². The van der Waals surface area contributed by atoms with E-state index in [2.05, 4.69) is 5.32 Å². The molecule has 1 unspecified atom stereocenters. The fourth-order valence-electron chi connectivity index (χ4n) is 3.01. The van der Waals surface area contributed by atoms with Gasteiger partial charge in [-0.3, -0.25) is 9.59 Å². The molecule has 9 nitrogen and oxygen atoms in total. The Balaban J connectivity index is 2.03. The first-order chi connectivity index (χ1) is 15.8. The number of rotatable bonds is 11. The van der Waals surface area contributed by atoms with Gasteiger partial charge in [-0.1, -0.05) is 23.7 Å². The van der Waals surface area contributed by atoms with Crippen molar-refractivity contribution in [1.29, 1.82) is 5.26 Å². The van der Waals surface area contributed by atoms with E-state index in [4.69, 9.17) is 32.1 Å². The number of ether oxygens (including phenoxy) is 2. The number of nitrogens with one attached hydrogen (secondary N) is 1. The first kappa shape index (κ1) is 25.5. The highest BCUT2D eigenvalue weighted by Gasteiger charge is 2.21. The summed E-state index contributed by atoms with van der Waals surface area (Å²) in [6.45, 7) is 1.98. The van der Waals surface area contributed by atoms with Crippen LogP contribution in [0.4, 0.5) is 10.5 Å². The number of hydrogen-bond donors (Lipinski definition) is 2. The third-order valence-electron chi connectivity index (χ3n) is 4.52. The maximum atomic E-state index is 12.7. The van der Waals surface area contributed by atoms with Crippen LogP contribution in [-0.2, 0) is 14.3 Å². The predicted molar refractivity (Wildman–Crippen MR) is 123 cm³/mol. The second-order valence-corrected chi connectivity index (χ2v) is 7.29. The van der Waals surface area contributed by atoms with E-state index in [-0.39, 0.29) is 19.4 Å². The van der Waals surface area contributed by atoms with Crippen molar-refractivity contribution in [2.75, 3.05) is 24.7 Å². The van der Waals surface area contributed by atoms with Crippen molar-refractivity contribution in [3.05, 3.63) is 59.1 Å². The largest absolute Gasteiger partial charge is 0.494 e. The van der Waals surface area contributed by atoms with Crippen molar-refractivity contribution in [2.45, 2.75) is 25.8 Å². The van der Waals surface area contributed by atoms with E-state index in [9.17, 15) is 14.4 Å². The van der Waals surface area contributed by atoms with E-state index in [1.807, 2.05) is 13.0 Å². The first-order valence-corrected chi connectivity index (χ1v) is 10.6. The third-order valence-corrected chi connectivity index (χ3v) is 4.78. The number of nitrogens with two attached hydrogens (primary N) is 1. The van der Waals surface area contributed by atoms with Crippen molar-refractivity contribution < 1.29 is 23.9 Å². The number of urea groups is 1. The number of nitriles is 1. The molecule has 0 aromatic heterocycles. The summed E-state index contributed by atoms with van der Waals surface area (Å²) in [4.78, 5) is 37.8. The number of nitrogens with zero attached hydrogens (tertiary/aromatic N) is 2. The Morgan fingerprint density at radius 3 is 2.39 bits per heavy atom. The number of carbonyl (C=O) groups is 3. The predicted octanol–water partition coefficient (Wildman–Crippen LogP) is 3.33.